The number of carbonyl (C=O) groups is 2. The first kappa shape index (κ1) is 23.6. The molecule has 1 N–H and O–H groups in total. The van der Waals surface area contributed by atoms with E-state index in [4.69, 9.17) is 32.7 Å². The Labute approximate surface area is 196 Å². The summed E-state index contributed by atoms with van der Waals surface area (Å²) in [5.41, 5.74) is 2.71. The van der Waals surface area contributed by atoms with Gasteiger partial charge in [0.05, 0.1) is 25.0 Å². The number of hydrogen-bond donors (Lipinski definition) is 1. The highest BCUT2D eigenvalue weighted by atomic mass is 35.5. The van der Waals surface area contributed by atoms with E-state index >= 15 is 0 Å². The van der Waals surface area contributed by atoms with Gasteiger partial charge in [0.25, 0.3) is 5.91 Å². The van der Waals surface area contributed by atoms with Gasteiger partial charge in [-0.1, -0.05) is 53.5 Å². The SMILES string of the molecule is COc1cc(Cl)c(C)cc1NC(=O)C(C)OC(=O)c1c(C)nn(Cc2ccccc2)c1Cl. The molecule has 9 heteroatoms. The van der Waals surface area contributed by atoms with E-state index in [0.29, 0.717) is 28.7 Å². The topological polar surface area (TPSA) is 82.4 Å². The first-order chi connectivity index (χ1) is 15.2. The summed E-state index contributed by atoms with van der Waals surface area (Å²) >= 11 is 12.5. The molecule has 1 aromatic heterocycles. The van der Waals surface area contributed by atoms with Crippen molar-refractivity contribution in [2.75, 3.05) is 12.4 Å². The van der Waals surface area contributed by atoms with Gasteiger partial charge in [0.2, 0.25) is 0 Å². The van der Waals surface area contributed by atoms with Crippen molar-refractivity contribution in [2.45, 2.75) is 33.4 Å². The Hall–Kier alpha value is -3.03. The average Bonchev–Trinajstić information content (AvgIpc) is 3.03. The van der Waals surface area contributed by atoms with Gasteiger partial charge < -0.3 is 14.8 Å². The summed E-state index contributed by atoms with van der Waals surface area (Å²) in [5, 5.41) is 7.70. The van der Waals surface area contributed by atoms with Crippen LogP contribution >= 0.6 is 23.2 Å². The fraction of sp³-hybridized carbons (Fsp3) is 0.261. The highest BCUT2D eigenvalue weighted by molar-refractivity contribution is 6.33. The number of aryl methyl sites for hydroxylation is 2. The van der Waals surface area contributed by atoms with Gasteiger partial charge >= 0.3 is 5.97 Å². The van der Waals surface area contributed by atoms with Crippen LogP contribution in [0.1, 0.15) is 34.1 Å². The number of anilines is 1. The lowest BCUT2D eigenvalue weighted by molar-refractivity contribution is -0.123. The number of hydrogen-bond acceptors (Lipinski definition) is 5. The minimum absolute atomic E-state index is 0.127. The van der Waals surface area contributed by atoms with Gasteiger partial charge in [-0.2, -0.15) is 5.10 Å². The van der Waals surface area contributed by atoms with Crippen LogP contribution in [0.3, 0.4) is 0 Å². The molecule has 3 rings (SSSR count). The number of methoxy groups -OCH3 is 1. The van der Waals surface area contributed by atoms with Gasteiger partial charge in [0, 0.05) is 11.1 Å². The second-order valence-corrected chi connectivity index (χ2v) is 8.00. The molecule has 0 radical (unpaired) electrons. The lowest BCUT2D eigenvalue weighted by Crippen LogP contribution is -2.30. The van der Waals surface area contributed by atoms with Crippen LogP contribution in [0.4, 0.5) is 5.69 Å². The fourth-order valence-electron chi connectivity index (χ4n) is 3.08. The van der Waals surface area contributed by atoms with Crippen molar-refractivity contribution >= 4 is 40.8 Å². The van der Waals surface area contributed by atoms with Crippen molar-refractivity contribution in [3.8, 4) is 5.75 Å². The zero-order valence-corrected chi connectivity index (χ0v) is 19.6. The standard InChI is InChI=1S/C23H23Cl2N3O4/c1-13-10-18(19(31-4)11-17(13)24)26-22(29)15(3)32-23(30)20-14(2)27-28(21(20)25)12-16-8-6-5-7-9-16/h5-11,15H,12H2,1-4H3,(H,26,29). The van der Waals surface area contributed by atoms with Crippen molar-refractivity contribution < 1.29 is 19.1 Å². The summed E-state index contributed by atoms with van der Waals surface area (Å²) in [7, 11) is 1.47. The van der Waals surface area contributed by atoms with E-state index in [0.717, 1.165) is 11.1 Å². The molecule has 32 heavy (non-hydrogen) atoms. The third kappa shape index (κ3) is 5.23. The molecule has 0 fully saturated rings. The van der Waals surface area contributed by atoms with Crippen LogP contribution in [0, 0.1) is 13.8 Å². The number of nitrogens with zero attached hydrogens (tertiary/aromatic N) is 2. The molecule has 168 valence electrons. The summed E-state index contributed by atoms with van der Waals surface area (Å²) in [5.74, 6) is -0.855. The molecule has 0 aliphatic rings. The van der Waals surface area contributed by atoms with Crippen molar-refractivity contribution in [2.24, 2.45) is 0 Å². The number of nitrogens with one attached hydrogen (secondary N) is 1. The smallest absolute Gasteiger partial charge is 0.343 e. The normalized spacial score (nSPS) is 11.7. The van der Waals surface area contributed by atoms with Crippen molar-refractivity contribution in [1.29, 1.82) is 0 Å². The zero-order chi connectivity index (χ0) is 23.4. The van der Waals surface area contributed by atoms with Crippen molar-refractivity contribution in [3.63, 3.8) is 0 Å². The van der Waals surface area contributed by atoms with Gasteiger partial charge in [-0.25, -0.2) is 9.48 Å². The Bertz CT molecular complexity index is 1150. The minimum Gasteiger partial charge on any atom is -0.495 e. The van der Waals surface area contributed by atoms with Crippen molar-refractivity contribution in [1.82, 2.24) is 9.78 Å². The number of rotatable bonds is 7. The van der Waals surface area contributed by atoms with Crippen LogP contribution in [-0.4, -0.2) is 34.9 Å². The largest absolute Gasteiger partial charge is 0.495 e. The lowest BCUT2D eigenvalue weighted by Gasteiger charge is -2.16. The molecule has 2 aromatic carbocycles. The second-order valence-electron chi connectivity index (χ2n) is 7.23. The summed E-state index contributed by atoms with van der Waals surface area (Å²) in [6, 6.07) is 12.9. The quantitative estimate of drug-likeness (QED) is 0.483. The maximum Gasteiger partial charge on any atom is 0.343 e. The van der Waals surface area contributed by atoms with Crippen LogP contribution in [0.2, 0.25) is 10.2 Å². The molecule has 1 amide bonds. The number of ether oxygens (including phenoxy) is 2. The minimum atomic E-state index is -1.09. The number of aromatic nitrogens is 2. The van der Waals surface area contributed by atoms with Gasteiger partial charge in [-0.15, -0.1) is 0 Å². The Morgan fingerprint density at radius 1 is 1.16 bits per heavy atom. The second kappa shape index (κ2) is 10.1. The summed E-state index contributed by atoms with van der Waals surface area (Å²) < 4.78 is 12.2. The molecule has 3 aromatic rings. The summed E-state index contributed by atoms with van der Waals surface area (Å²) in [6.45, 7) is 5.34. The summed E-state index contributed by atoms with van der Waals surface area (Å²) in [4.78, 5) is 25.4. The third-order valence-corrected chi connectivity index (χ3v) is 5.63. The molecule has 7 nitrogen and oxygen atoms in total. The van der Waals surface area contributed by atoms with E-state index in [9.17, 15) is 9.59 Å². The van der Waals surface area contributed by atoms with Gasteiger partial charge in [0.1, 0.15) is 16.5 Å². The van der Waals surface area contributed by atoms with Crippen LogP contribution in [0.25, 0.3) is 0 Å². The van der Waals surface area contributed by atoms with Crippen LogP contribution in [0.5, 0.6) is 5.75 Å². The molecule has 1 atom stereocenters. The zero-order valence-electron chi connectivity index (χ0n) is 18.1. The molecule has 0 aliphatic heterocycles. The molecule has 0 spiro atoms. The summed E-state index contributed by atoms with van der Waals surface area (Å²) in [6.07, 6.45) is -1.09. The first-order valence-corrected chi connectivity index (χ1v) is 10.6. The number of halogens is 2. The van der Waals surface area contributed by atoms with E-state index < -0.39 is 18.0 Å². The maximum atomic E-state index is 12.8. The third-order valence-electron chi connectivity index (χ3n) is 4.84. The molecular weight excluding hydrogens is 453 g/mol. The number of amides is 1. The Balaban J connectivity index is 1.72. The molecule has 0 saturated heterocycles. The van der Waals surface area contributed by atoms with Gasteiger partial charge in [0.15, 0.2) is 6.10 Å². The molecule has 0 bridgehead atoms. The molecule has 1 unspecified atom stereocenters. The molecule has 0 saturated carbocycles. The van der Waals surface area contributed by atoms with Crippen LogP contribution in [0.15, 0.2) is 42.5 Å². The van der Waals surface area contributed by atoms with E-state index in [-0.39, 0.29) is 10.7 Å². The van der Waals surface area contributed by atoms with E-state index in [1.807, 2.05) is 30.3 Å². The monoisotopic (exact) mass is 475 g/mol. The van der Waals surface area contributed by atoms with Crippen LogP contribution in [-0.2, 0) is 16.1 Å². The predicted octanol–water partition coefficient (Wildman–Crippen LogP) is 5.05. The van der Waals surface area contributed by atoms with E-state index in [2.05, 4.69) is 10.4 Å². The molecule has 0 aliphatic carbocycles. The van der Waals surface area contributed by atoms with Gasteiger partial charge in [-0.05, 0) is 38.0 Å². The maximum absolute atomic E-state index is 12.8. The Morgan fingerprint density at radius 2 is 1.84 bits per heavy atom. The Morgan fingerprint density at radius 3 is 2.50 bits per heavy atom. The lowest BCUT2D eigenvalue weighted by atomic mass is 10.2. The average molecular weight is 476 g/mol. The van der Waals surface area contributed by atoms with E-state index in [1.165, 1.54) is 18.7 Å². The highest BCUT2D eigenvalue weighted by Gasteiger charge is 2.26. The Kier molecular flexibility index (Phi) is 7.43. The number of carbonyl (C=O) groups excluding carboxylic acids is 2. The van der Waals surface area contributed by atoms with E-state index in [1.54, 1.807) is 26.0 Å². The van der Waals surface area contributed by atoms with Gasteiger partial charge in [-0.3, -0.25) is 4.79 Å². The predicted molar refractivity (Wildman–Crippen MR) is 124 cm³/mol. The fourth-order valence-corrected chi connectivity index (χ4v) is 3.55. The number of esters is 1. The van der Waals surface area contributed by atoms with Crippen molar-refractivity contribution in [3.05, 3.63) is 75.0 Å². The molecule has 1 heterocycles. The molecular formula is C23H23Cl2N3O4. The number of benzene rings is 2. The highest BCUT2D eigenvalue weighted by Crippen LogP contribution is 2.31. The van der Waals surface area contributed by atoms with Crippen LogP contribution < -0.4 is 10.1 Å². The first-order valence-electron chi connectivity index (χ1n) is 9.84.